The molecule has 2 unspecified atom stereocenters. The van der Waals surface area contributed by atoms with Gasteiger partial charge in [-0.2, -0.15) is 0 Å². The molecule has 0 saturated heterocycles. The Labute approximate surface area is 372 Å². The number of nitrogens with zero attached hydrogens (tertiary/aromatic N) is 2. The van der Waals surface area contributed by atoms with Gasteiger partial charge in [-0.05, 0) is 113 Å². The summed E-state index contributed by atoms with van der Waals surface area (Å²) in [4.78, 5) is 2.45. The number of benzene rings is 7. The van der Waals surface area contributed by atoms with E-state index in [1.165, 1.54) is 66.1 Å². The Hall–Kier alpha value is -7.88. The minimum Gasteiger partial charge on any atom is -0.455 e. The van der Waals surface area contributed by atoms with Gasteiger partial charge in [0.2, 0.25) is 0 Å². The molecule has 0 bridgehead atoms. The van der Waals surface area contributed by atoms with Gasteiger partial charge in [0, 0.05) is 60.9 Å². The first-order valence-corrected chi connectivity index (χ1v) is 22.5. The zero-order chi connectivity index (χ0) is 42.3. The SMILES string of the molecule is C=C1/C=C\C=C/CC2CC=CC=C2C2=CC=C(N(c3ccc(-c4ccc5c(c4)c4cccc6c7ccccc7n5c64)cc3)c3ccc(-c4cccc5c4oc4ccccc45)cc3)CC12. The van der Waals surface area contributed by atoms with Gasteiger partial charge in [-0.1, -0.05) is 158 Å². The lowest BCUT2D eigenvalue weighted by Crippen LogP contribution is -2.24. The lowest BCUT2D eigenvalue weighted by Gasteiger charge is -2.36. The van der Waals surface area contributed by atoms with Crippen LogP contribution in [0.3, 0.4) is 0 Å². The highest BCUT2D eigenvalue weighted by molar-refractivity contribution is 6.23. The Morgan fingerprint density at radius 1 is 0.531 bits per heavy atom. The van der Waals surface area contributed by atoms with E-state index in [0.29, 0.717) is 5.92 Å². The fourth-order valence-electron chi connectivity index (χ4n) is 11.0. The molecule has 3 heterocycles. The summed E-state index contributed by atoms with van der Waals surface area (Å²) in [5.74, 6) is 0.621. The van der Waals surface area contributed by atoms with Crippen LogP contribution >= 0.6 is 0 Å². The highest BCUT2D eigenvalue weighted by Crippen LogP contribution is 2.46. The molecule has 0 aliphatic heterocycles. The predicted octanol–water partition coefficient (Wildman–Crippen LogP) is 16.6. The van der Waals surface area contributed by atoms with Crippen molar-refractivity contribution in [1.82, 2.24) is 4.40 Å². The fraction of sp³-hybridized carbons (Fsp3) is 0.0820. The molecule has 0 fully saturated rings. The van der Waals surface area contributed by atoms with Crippen LogP contribution in [0.5, 0.6) is 0 Å². The van der Waals surface area contributed by atoms with Crippen LogP contribution in [0.15, 0.2) is 240 Å². The van der Waals surface area contributed by atoms with E-state index in [4.69, 9.17) is 4.42 Å². The van der Waals surface area contributed by atoms with E-state index in [0.717, 1.165) is 69.3 Å². The molecule has 64 heavy (non-hydrogen) atoms. The topological polar surface area (TPSA) is 20.8 Å². The number of anilines is 2. The van der Waals surface area contributed by atoms with Crippen LogP contribution in [0.2, 0.25) is 0 Å². The second kappa shape index (κ2) is 14.6. The smallest absolute Gasteiger partial charge is 0.143 e. The van der Waals surface area contributed by atoms with Crippen LogP contribution in [0.4, 0.5) is 11.4 Å². The average Bonchev–Trinajstić information content (AvgIpc) is 4.02. The van der Waals surface area contributed by atoms with Gasteiger partial charge in [-0.15, -0.1) is 0 Å². The first kappa shape index (κ1) is 36.7. The van der Waals surface area contributed by atoms with E-state index < -0.39 is 0 Å². The number of hydrogen-bond donors (Lipinski definition) is 0. The van der Waals surface area contributed by atoms with E-state index in [1.807, 2.05) is 6.07 Å². The van der Waals surface area contributed by atoms with Crippen LogP contribution in [0.1, 0.15) is 19.3 Å². The Morgan fingerprint density at radius 3 is 2.05 bits per heavy atom. The molecule has 0 amide bonds. The molecule has 0 radical (unpaired) electrons. The Kier molecular flexibility index (Phi) is 8.39. The second-order valence-corrected chi connectivity index (χ2v) is 17.6. The first-order chi connectivity index (χ1) is 31.7. The molecular weight excluding hydrogens is 777 g/mol. The number of furan rings is 1. The van der Waals surface area contributed by atoms with Crippen LogP contribution in [0, 0.1) is 11.8 Å². The van der Waals surface area contributed by atoms with Gasteiger partial charge in [0.05, 0.1) is 16.6 Å². The van der Waals surface area contributed by atoms with Crippen molar-refractivity contribution in [1.29, 1.82) is 0 Å². The number of allylic oxidation sites excluding steroid dienone is 13. The van der Waals surface area contributed by atoms with Gasteiger partial charge in [0.25, 0.3) is 0 Å². The highest BCUT2D eigenvalue weighted by atomic mass is 16.3. The summed E-state index contributed by atoms with van der Waals surface area (Å²) < 4.78 is 8.92. The normalized spacial score (nSPS) is 18.6. The average molecular weight is 821 g/mol. The minimum absolute atomic E-state index is 0.155. The van der Waals surface area contributed by atoms with Crippen LogP contribution in [-0.4, -0.2) is 4.40 Å². The van der Waals surface area contributed by atoms with Crippen LogP contribution in [-0.2, 0) is 0 Å². The molecule has 3 aliphatic rings. The Balaban J connectivity index is 0.917. The van der Waals surface area contributed by atoms with Crippen molar-refractivity contribution >= 4 is 71.4 Å². The lowest BCUT2D eigenvalue weighted by atomic mass is 9.73. The predicted molar refractivity (Wildman–Crippen MR) is 269 cm³/mol. The van der Waals surface area contributed by atoms with E-state index in [2.05, 4.69) is 216 Å². The van der Waals surface area contributed by atoms with Gasteiger partial charge in [-0.25, -0.2) is 0 Å². The first-order valence-electron chi connectivity index (χ1n) is 22.5. The third kappa shape index (κ3) is 5.74. The molecule has 3 nitrogen and oxygen atoms in total. The number of rotatable bonds is 5. The largest absolute Gasteiger partial charge is 0.455 e. The van der Waals surface area contributed by atoms with Crippen molar-refractivity contribution in [2.24, 2.45) is 11.8 Å². The summed E-state index contributed by atoms with van der Waals surface area (Å²) in [5, 5.41) is 7.47. The summed E-state index contributed by atoms with van der Waals surface area (Å²) in [5.41, 5.74) is 17.7. The van der Waals surface area contributed by atoms with Crippen molar-refractivity contribution in [3.8, 4) is 22.3 Å². The Bertz CT molecular complexity index is 3710. The zero-order valence-corrected chi connectivity index (χ0v) is 35.4. The fourth-order valence-corrected chi connectivity index (χ4v) is 11.0. The third-order valence-corrected chi connectivity index (χ3v) is 14.1. The molecule has 0 saturated carbocycles. The third-order valence-electron chi connectivity index (χ3n) is 14.1. The summed E-state index contributed by atoms with van der Waals surface area (Å²) >= 11 is 0. The van der Waals surface area contributed by atoms with Gasteiger partial charge in [-0.3, -0.25) is 0 Å². The lowest BCUT2D eigenvalue weighted by molar-refractivity contribution is 0.597. The molecule has 3 aromatic heterocycles. The van der Waals surface area contributed by atoms with Crippen molar-refractivity contribution in [2.45, 2.75) is 19.3 Å². The zero-order valence-electron chi connectivity index (χ0n) is 35.4. The van der Waals surface area contributed by atoms with E-state index >= 15 is 0 Å². The second-order valence-electron chi connectivity index (χ2n) is 17.6. The van der Waals surface area contributed by atoms with E-state index in [1.54, 1.807) is 0 Å². The highest BCUT2D eigenvalue weighted by Gasteiger charge is 2.30. The Morgan fingerprint density at radius 2 is 1.20 bits per heavy atom. The van der Waals surface area contributed by atoms with Crippen molar-refractivity contribution in [3.63, 3.8) is 0 Å². The maximum Gasteiger partial charge on any atom is 0.143 e. The van der Waals surface area contributed by atoms with Gasteiger partial charge in [0.1, 0.15) is 11.2 Å². The molecule has 10 aromatic rings. The minimum atomic E-state index is 0.155. The number of fused-ring (bicyclic) bond motifs is 12. The molecule has 13 rings (SSSR count). The van der Waals surface area contributed by atoms with E-state index in [9.17, 15) is 0 Å². The van der Waals surface area contributed by atoms with E-state index in [-0.39, 0.29) is 5.92 Å². The molecule has 7 aromatic carbocycles. The van der Waals surface area contributed by atoms with Gasteiger partial charge >= 0.3 is 0 Å². The summed E-state index contributed by atoms with van der Waals surface area (Å²) in [6.45, 7) is 4.68. The molecule has 304 valence electrons. The maximum atomic E-state index is 6.48. The van der Waals surface area contributed by atoms with Crippen LogP contribution in [0.25, 0.3) is 82.3 Å². The maximum absolute atomic E-state index is 6.48. The van der Waals surface area contributed by atoms with Crippen molar-refractivity contribution < 1.29 is 4.42 Å². The molecule has 2 atom stereocenters. The standard InChI is InChI=1S/C61H44N2O/c1-39-13-3-2-4-14-41-15-5-6-16-47(41)49-35-34-46(38-55(39)49)62(45-32-27-42(28-33-45)48-19-11-22-54-51-18-8-10-24-59(51)64-61(48)54)44-30-25-40(26-31-44)43-29-36-58-56(37-43)53-21-12-20-52-50-17-7-9-23-57(50)63(58)60(52)53/h2-13,16-37,41,55H,1,14-15,38H2/b4-2-,13-3-. The molecule has 0 N–H and O–H groups in total. The molecular formula is C61H44N2O. The quantitative estimate of drug-likeness (QED) is 0.172. The number of para-hydroxylation sites is 4. The summed E-state index contributed by atoms with van der Waals surface area (Å²) in [6.07, 6.45) is 23.4. The molecule has 3 heteroatoms. The number of hydrogen-bond acceptors (Lipinski definition) is 2. The monoisotopic (exact) mass is 820 g/mol. The summed E-state index contributed by atoms with van der Waals surface area (Å²) in [7, 11) is 0. The van der Waals surface area contributed by atoms with Gasteiger partial charge in [0.15, 0.2) is 0 Å². The molecule has 3 aliphatic carbocycles. The van der Waals surface area contributed by atoms with Gasteiger partial charge < -0.3 is 13.7 Å². The van der Waals surface area contributed by atoms with Crippen LogP contribution < -0.4 is 4.90 Å². The number of aromatic nitrogens is 1. The summed E-state index contributed by atoms with van der Waals surface area (Å²) in [6, 6.07) is 55.4. The van der Waals surface area contributed by atoms with Crippen molar-refractivity contribution in [3.05, 3.63) is 235 Å². The molecule has 0 spiro atoms. The van der Waals surface area contributed by atoms with Crippen molar-refractivity contribution in [2.75, 3.05) is 4.90 Å².